The average molecular weight is 1590 g/mol. The third kappa shape index (κ3) is 11.9. The lowest BCUT2D eigenvalue weighted by Crippen LogP contribution is -2.61. The fourth-order valence-corrected chi connectivity index (χ4v) is 29.7. The van der Waals surface area contributed by atoms with Crippen LogP contribution < -0.4 is 24.5 Å². The van der Waals surface area contributed by atoms with Gasteiger partial charge >= 0.3 is 0 Å². The van der Waals surface area contributed by atoms with Crippen molar-refractivity contribution in [2.45, 2.75) is 305 Å². The summed E-state index contributed by atoms with van der Waals surface area (Å²) in [6, 6.07) is 49.0. The topological polar surface area (TPSA) is 51.8 Å². The normalized spacial score (nSPS) is 28.2. The van der Waals surface area contributed by atoms with Crippen LogP contribution in [0, 0.1) is 69.1 Å². The summed E-state index contributed by atoms with van der Waals surface area (Å²) >= 11 is 5.76. The van der Waals surface area contributed by atoms with Crippen molar-refractivity contribution in [1.82, 2.24) is 19.1 Å². The van der Waals surface area contributed by atoms with Crippen molar-refractivity contribution in [2.75, 3.05) is 24.5 Å². The fraction of sp³-hybridized carbons (Fsp3) is 0.534. The first-order valence-electron chi connectivity index (χ1n) is 44.3. The van der Waals surface area contributed by atoms with E-state index in [1.807, 2.05) is 46.7 Å². The first kappa shape index (κ1) is 80.1. The lowest BCUT2D eigenvalue weighted by Gasteiger charge is -2.62. The number of rotatable bonds is 3. The Bertz CT molecular complexity index is 5050. The standard InChI is InChI=1S/2C21H27NS.C19H25N3.C18H23N3.C14H15NS.C10H16/c2*1-13-9-8-10-16-17(13)22-14(2)15-11-12-23-18(15)21(22,7)20(5,6)19(16,3)4;1-14-9-5-6-10-16(14)22-15(2)17-18(21(3)13-20-17)19(22)11-7-4-8-12-19;1-13-8-4-5-9-15(13)21-14(2)16-17(20(3)12-19-16)18(21)10-6-7-11-18;1-10-5-3-4-6-13(10)15-9-14-12(11(15)2)7-8-16-14;1-7-2-9-4-8(1)5-10(3-7)6-9/h2*8-12,14H,1-7H3;5-6,9-10,13,15H,4,7-8,11-12H2,1-3H3;4-5,8-9,12,14H,6-7,10-11H2,1-3H3;3-8,11H,9H2,1-2H3;7-10H,1-6H2/t2*14-,21?;15-;14-;11-;/m00000./s1. The predicted molar refractivity (Wildman–Crippen MR) is 488 cm³/mol. The van der Waals surface area contributed by atoms with E-state index in [-0.39, 0.29) is 43.8 Å². The molecule has 5 aromatic carbocycles. The number of imidazole rings is 2. The van der Waals surface area contributed by atoms with Crippen molar-refractivity contribution in [3.8, 4) is 0 Å². The van der Waals surface area contributed by atoms with E-state index in [4.69, 9.17) is 9.97 Å². The van der Waals surface area contributed by atoms with Crippen LogP contribution in [-0.2, 0) is 53.6 Å². The van der Waals surface area contributed by atoms with Crippen LogP contribution >= 0.6 is 34.0 Å². The van der Waals surface area contributed by atoms with E-state index in [1.54, 1.807) is 48.3 Å². The predicted octanol–water partition coefficient (Wildman–Crippen LogP) is 27.9. The number of benzene rings is 5. The van der Waals surface area contributed by atoms with E-state index < -0.39 is 0 Å². The highest BCUT2D eigenvalue weighted by Gasteiger charge is 2.67. The van der Waals surface area contributed by atoms with Gasteiger partial charge in [0.2, 0.25) is 0 Å². The summed E-state index contributed by atoms with van der Waals surface area (Å²) in [7, 11) is 4.32. The molecular weight excluding hydrogens is 1460 g/mol. The first-order valence-corrected chi connectivity index (χ1v) is 47.0. The molecule has 7 aliphatic heterocycles. The van der Waals surface area contributed by atoms with Crippen molar-refractivity contribution in [3.63, 3.8) is 0 Å². The molecule has 23 rings (SSSR count). The molecule has 0 radical (unpaired) electrons. The maximum Gasteiger partial charge on any atom is 0.0950 e. The highest BCUT2D eigenvalue weighted by atomic mass is 32.1. The van der Waals surface area contributed by atoms with Gasteiger partial charge in [-0.2, -0.15) is 0 Å². The maximum atomic E-state index is 4.75. The summed E-state index contributed by atoms with van der Waals surface area (Å²) in [6.45, 7) is 48.5. The Morgan fingerprint density at radius 3 is 1.09 bits per heavy atom. The average Bonchev–Trinajstić information content (AvgIpc) is 1.55. The largest absolute Gasteiger partial charge is 0.359 e. The molecule has 2 spiro atoms. The van der Waals surface area contributed by atoms with Crippen LogP contribution in [0.3, 0.4) is 0 Å². The Labute approximate surface area is 703 Å². The van der Waals surface area contributed by atoms with Crippen LogP contribution in [-0.4, -0.2) is 19.1 Å². The molecule has 12 heteroatoms. The van der Waals surface area contributed by atoms with Crippen LogP contribution in [0.5, 0.6) is 0 Å². The van der Waals surface area contributed by atoms with Crippen LogP contribution in [0.15, 0.2) is 156 Å². The van der Waals surface area contributed by atoms with Gasteiger partial charge in [-0.3, -0.25) is 0 Å². The van der Waals surface area contributed by atoms with Crippen molar-refractivity contribution in [2.24, 2.45) is 48.6 Å². The molecule has 12 heterocycles. The van der Waals surface area contributed by atoms with E-state index in [1.165, 1.54) is 193 Å². The van der Waals surface area contributed by atoms with Gasteiger partial charge in [-0.05, 0) is 290 Å². The van der Waals surface area contributed by atoms with Gasteiger partial charge in [-0.25, -0.2) is 9.97 Å². The number of thiophene rings is 3. The van der Waals surface area contributed by atoms with E-state index in [0.717, 1.165) is 6.54 Å². The summed E-state index contributed by atoms with van der Waals surface area (Å²) in [5, 5.41) is 6.76. The first-order chi connectivity index (χ1) is 54.8. The van der Waals surface area contributed by atoms with Crippen LogP contribution in [0.1, 0.15) is 323 Å². The second kappa shape index (κ2) is 29.3. The molecule has 2 unspecified atom stereocenters. The SMILES string of the molecule is C1C2CC3CC1CC(C2)C3.Cc1cccc2c1N1[C@@H](C)c3ccsc3C1(C)C(C)(C)C2(C)C.Cc1cccc2c1N1[C@@H](C)c3ccsc3C1(C)C(C)(C)C2(C)C.Cc1ccccc1N1Cc2sccc2[C@@H]1C.Cc1ccccc1N1[C@@H](C)c2ncn(C)c2C12CCCC2.Cc1ccccc1N1[C@@H](C)c2ncn(C)c2C12CCCCC2. The maximum absolute atomic E-state index is 4.75. The van der Waals surface area contributed by atoms with Crippen LogP contribution in [0.2, 0.25) is 0 Å². The second-order valence-corrected chi connectivity index (χ2v) is 42.9. The Morgan fingerprint density at radius 1 is 0.357 bits per heavy atom. The molecule has 6 fully saturated rings. The van der Waals surface area contributed by atoms with E-state index in [0.29, 0.717) is 30.2 Å². The molecule has 7 atom stereocenters. The highest BCUT2D eigenvalue weighted by Crippen LogP contribution is 2.71. The molecule has 0 saturated heterocycles. The number of nitrogens with zero attached hydrogens (tertiary/aromatic N) is 9. The lowest BCUT2D eigenvalue weighted by molar-refractivity contribution is 0.0198. The minimum absolute atomic E-state index is 0.0402. The Hall–Kier alpha value is -7.38. The van der Waals surface area contributed by atoms with E-state index in [9.17, 15) is 0 Å². The molecule has 0 N–H and O–H groups in total. The molecule has 115 heavy (non-hydrogen) atoms. The van der Waals surface area contributed by atoms with Crippen LogP contribution in [0.4, 0.5) is 28.4 Å². The van der Waals surface area contributed by atoms with E-state index >= 15 is 0 Å². The van der Waals surface area contributed by atoms with Gasteiger partial charge in [0.05, 0.1) is 94.3 Å². The lowest BCUT2D eigenvalue weighted by atomic mass is 9.52. The number of aryl methyl sites for hydroxylation is 7. The number of anilines is 5. The van der Waals surface area contributed by atoms with Crippen LogP contribution in [0.25, 0.3) is 0 Å². The highest BCUT2D eigenvalue weighted by molar-refractivity contribution is 7.11. The zero-order chi connectivity index (χ0) is 81.2. The molecule has 13 aliphatic rings. The second-order valence-electron chi connectivity index (χ2n) is 40.0. The molecule has 4 bridgehead atoms. The van der Waals surface area contributed by atoms with Gasteiger partial charge in [-0.15, -0.1) is 34.0 Å². The fourth-order valence-electron chi connectivity index (χ4n) is 26.1. The number of hydrogen-bond acceptors (Lipinski definition) is 10. The van der Waals surface area contributed by atoms with Crippen molar-refractivity contribution < 1.29 is 0 Å². The summed E-state index contributed by atoms with van der Waals surface area (Å²) in [5.41, 5.74) is 27.9. The molecule has 608 valence electrons. The Morgan fingerprint density at radius 2 is 0.704 bits per heavy atom. The van der Waals surface area contributed by atoms with Gasteiger partial charge in [0, 0.05) is 68.0 Å². The molecular formula is C103H133N9S3. The molecule has 9 nitrogen and oxygen atoms in total. The number of hydrogen-bond donors (Lipinski definition) is 0. The molecule has 6 aliphatic carbocycles. The molecule has 0 amide bonds. The van der Waals surface area contributed by atoms with Gasteiger partial charge in [0.1, 0.15) is 0 Å². The van der Waals surface area contributed by atoms with Gasteiger partial charge < -0.3 is 33.6 Å². The zero-order valence-corrected chi connectivity index (χ0v) is 76.2. The smallest absolute Gasteiger partial charge is 0.0950 e. The number of aromatic nitrogens is 4. The van der Waals surface area contributed by atoms with Gasteiger partial charge in [0.25, 0.3) is 0 Å². The van der Waals surface area contributed by atoms with E-state index in [2.05, 4.69) is 330 Å². The summed E-state index contributed by atoms with van der Waals surface area (Å²) in [6.07, 6.45) is 25.3. The van der Waals surface area contributed by atoms with Crippen molar-refractivity contribution >= 4 is 62.4 Å². The molecule has 5 aromatic heterocycles. The van der Waals surface area contributed by atoms with Gasteiger partial charge in [-0.1, -0.05) is 178 Å². The summed E-state index contributed by atoms with van der Waals surface area (Å²) in [5.74, 6) is 4.71. The minimum atomic E-state index is 0.0402. The summed E-state index contributed by atoms with van der Waals surface area (Å²) < 4.78 is 4.53. The van der Waals surface area contributed by atoms with Crippen molar-refractivity contribution in [1.29, 1.82) is 0 Å². The number of para-hydroxylation sites is 5. The monoisotopic (exact) mass is 1590 g/mol. The molecule has 10 aromatic rings. The molecule has 6 saturated carbocycles. The number of fused-ring (bicyclic) bond motifs is 15. The Kier molecular flexibility index (Phi) is 20.4. The zero-order valence-electron chi connectivity index (χ0n) is 73.8. The third-order valence-electron chi connectivity index (χ3n) is 33.4. The Balaban J connectivity index is 0.000000101. The minimum Gasteiger partial charge on any atom is -0.359 e. The quantitative estimate of drug-likeness (QED) is 0.175. The summed E-state index contributed by atoms with van der Waals surface area (Å²) in [4.78, 5) is 27.4. The third-order valence-corrected chi connectivity index (χ3v) is 36.6. The van der Waals surface area contributed by atoms with Crippen molar-refractivity contribution in [3.05, 3.63) is 249 Å². The van der Waals surface area contributed by atoms with Gasteiger partial charge in [0.15, 0.2) is 0 Å².